The highest BCUT2D eigenvalue weighted by atomic mass is 32.2. The van der Waals surface area contributed by atoms with Gasteiger partial charge >= 0.3 is 0 Å². The van der Waals surface area contributed by atoms with Crippen LogP contribution < -0.4 is 5.32 Å². The third-order valence-corrected chi connectivity index (χ3v) is 6.69. The molecule has 0 radical (unpaired) electrons. The normalized spacial score (nSPS) is 32.5. The van der Waals surface area contributed by atoms with Gasteiger partial charge in [-0.05, 0) is 23.7 Å². The molecule has 0 aromatic heterocycles. The molecule has 0 bridgehead atoms. The summed E-state index contributed by atoms with van der Waals surface area (Å²) in [6.45, 7) is 9.13. The molecule has 2 fully saturated rings. The molecule has 94 valence electrons. The van der Waals surface area contributed by atoms with Gasteiger partial charge in [0, 0.05) is 12.1 Å². The second-order valence-corrected chi connectivity index (χ2v) is 8.77. The van der Waals surface area contributed by atoms with Gasteiger partial charge in [0.2, 0.25) is 0 Å². The van der Waals surface area contributed by atoms with Crippen molar-refractivity contribution in [3.8, 4) is 0 Å². The Labute approximate surface area is 98.9 Å². The summed E-state index contributed by atoms with van der Waals surface area (Å²) in [5.74, 6) is 0.719. The minimum atomic E-state index is -2.73. The van der Waals surface area contributed by atoms with E-state index in [1.54, 1.807) is 0 Å². The first-order valence-corrected chi connectivity index (χ1v) is 7.95. The van der Waals surface area contributed by atoms with E-state index in [-0.39, 0.29) is 0 Å². The molecule has 2 aliphatic rings. The minimum Gasteiger partial charge on any atom is -0.310 e. The standard InChI is InChI=1S/C12H23NO2S/c1-11(2)10(12(11,3)4)13-9-5-7-16(14,15)8-6-9/h9-10,13H,5-8H2,1-4H3. The molecular formula is C12H23NO2S. The predicted octanol–water partition coefficient (Wildman–Crippen LogP) is 1.59. The topological polar surface area (TPSA) is 46.2 Å². The number of hydrogen-bond donors (Lipinski definition) is 1. The van der Waals surface area contributed by atoms with Crippen LogP contribution in [0, 0.1) is 10.8 Å². The fourth-order valence-corrected chi connectivity index (χ4v) is 4.40. The van der Waals surface area contributed by atoms with Crippen LogP contribution in [0.15, 0.2) is 0 Å². The summed E-state index contributed by atoms with van der Waals surface area (Å²) in [6, 6.07) is 0.931. The summed E-state index contributed by atoms with van der Waals surface area (Å²) in [7, 11) is -2.73. The van der Waals surface area contributed by atoms with E-state index in [4.69, 9.17) is 0 Å². The maximum atomic E-state index is 11.3. The molecule has 2 rings (SSSR count). The highest BCUT2D eigenvalue weighted by molar-refractivity contribution is 7.91. The fourth-order valence-electron chi connectivity index (χ4n) is 2.91. The van der Waals surface area contributed by atoms with Crippen molar-refractivity contribution in [2.45, 2.75) is 52.6 Å². The van der Waals surface area contributed by atoms with Gasteiger partial charge in [0.15, 0.2) is 0 Å². The van der Waals surface area contributed by atoms with Gasteiger partial charge in [0.05, 0.1) is 11.5 Å². The van der Waals surface area contributed by atoms with Crippen molar-refractivity contribution >= 4 is 9.84 Å². The van der Waals surface area contributed by atoms with E-state index in [1.807, 2.05) is 0 Å². The molecule has 16 heavy (non-hydrogen) atoms. The van der Waals surface area contributed by atoms with Crippen LogP contribution in [0.1, 0.15) is 40.5 Å². The van der Waals surface area contributed by atoms with Crippen molar-refractivity contribution in [2.24, 2.45) is 10.8 Å². The van der Waals surface area contributed by atoms with Crippen LogP contribution in [-0.2, 0) is 9.84 Å². The molecule has 4 heteroatoms. The van der Waals surface area contributed by atoms with Crippen LogP contribution in [0.5, 0.6) is 0 Å². The Morgan fingerprint density at radius 1 is 1.00 bits per heavy atom. The maximum absolute atomic E-state index is 11.3. The zero-order chi connectivity index (χ0) is 12.2. The zero-order valence-electron chi connectivity index (χ0n) is 10.7. The first-order chi connectivity index (χ1) is 7.17. The minimum absolute atomic E-state index is 0.337. The lowest BCUT2D eigenvalue weighted by Gasteiger charge is -2.24. The lowest BCUT2D eigenvalue weighted by Crippen LogP contribution is -2.40. The van der Waals surface area contributed by atoms with Gasteiger partial charge < -0.3 is 5.32 Å². The highest BCUT2D eigenvalue weighted by Gasteiger charge is 2.64. The molecule has 0 amide bonds. The van der Waals surface area contributed by atoms with Gasteiger partial charge in [0.25, 0.3) is 0 Å². The highest BCUT2D eigenvalue weighted by Crippen LogP contribution is 2.62. The summed E-state index contributed by atoms with van der Waals surface area (Å²) < 4.78 is 22.6. The predicted molar refractivity (Wildman–Crippen MR) is 66.2 cm³/mol. The molecule has 1 saturated carbocycles. The molecular weight excluding hydrogens is 222 g/mol. The van der Waals surface area contributed by atoms with Crippen molar-refractivity contribution in [1.82, 2.24) is 5.32 Å². The van der Waals surface area contributed by atoms with Gasteiger partial charge in [-0.1, -0.05) is 27.7 Å². The van der Waals surface area contributed by atoms with Crippen LogP contribution in [0.3, 0.4) is 0 Å². The molecule has 0 spiro atoms. The molecule has 1 heterocycles. The fraction of sp³-hybridized carbons (Fsp3) is 1.00. The van der Waals surface area contributed by atoms with Gasteiger partial charge in [-0.2, -0.15) is 0 Å². The number of hydrogen-bond acceptors (Lipinski definition) is 3. The monoisotopic (exact) mass is 245 g/mol. The van der Waals surface area contributed by atoms with Crippen molar-refractivity contribution < 1.29 is 8.42 Å². The second kappa shape index (κ2) is 3.45. The Morgan fingerprint density at radius 3 is 1.81 bits per heavy atom. The summed E-state index contributed by atoms with van der Waals surface area (Å²) in [5.41, 5.74) is 0.673. The van der Waals surface area contributed by atoms with Crippen LogP contribution in [-0.4, -0.2) is 32.0 Å². The first-order valence-electron chi connectivity index (χ1n) is 6.13. The molecule has 1 saturated heterocycles. The van der Waals surface area contributed by atoms with E-state index >= 15 is 0 Å². The number of nitrogens with one attached hydrogen (secondary N) is 1. The lowest BCUT2D eigenvalue weighted by atomic mass is 10.0. The van der Waals surface area contributed by atoms with E-state index < -0.39 is 9.84 Å². The van der Waals surface area contributed by atoms with E-state index in [0.717, 1.165) is 12.8 Å². The van der Waals surface area contributed by atoms with Gasteiger partial charge in [-0.15, -0.1) is 0 Å². The van der Waals surface area contributed by atoms with Gasteiger partial charge in [0.1, 0.15) is 9.84 Å². The third-order valence-electron chi connectivity index (χ3n) is 4.98. The zero-order valence-corrected chi connectivity index (χ0v) is 11.5. The molecule has 0 aromatic rings. The lowest BCUT2D eigenvalue weighted by molar-refractivity contribution is 0.426. The third kappa shape index (κ3) is 1.90. The quantitative estimate of drug-likeness (QED) is 0.803. The average Bonchev–Trinajstić information content (AvgIpc) is 2.51. The van der Waals surface area contributed by atoms with Crippen LogP contribution in [0.4, 0.5) is 0 Å². The number of rotatable bonds is 2. The van der Waals surface area contributed by atoms with Crippen molar-refractivity contribution in [1.29, 1.82) is 0 Å². The first kappa shape index (κ1) is 12.4. The molecule has 0 unspecified atom stereocenters. The largest absolute Gasteiger partial charge is 0.310 e. The molecule has 1 N–H and O–H groups in total. The van der Waals surface area contributed by atoms with E-state index in [2.05, 4.69) is 33.0 Å². The van der Waals surface area contributed by atoms with Gasteiger partial charge in [-0.25, -0.2) is 8.42 Å². The summed E-state index contributed by atoms with van der Waals surface area (Å²) in [4.78, 5) is 0. The SMILES string of the molecule is CC1(C)C(NC2CCS(=O)(=O)CC2)C1(C)C. The maximum Gasteiger partial charge on any atom is 0.150 e. The molecule has 0 atom stereocenters. The molecule has 0 aromatic carbocycles. The summed E-state index contributed by atoms with van der Waals surface area (Å²) in [6.07, 6.45) is 1.57. The Morgan fingerprint density at radius 2 is 1.44 bits per heavy atom. The summed E-state index contributed by atoms with van der Waals surface area (Å²) >= 11 is 0. The Bertz CT molecular complexity index is 356. The van der Waals surface area contributed by atoms with Crippen molar-refractivity contribution in [3.05, 3.63) is 0 Å². The van der Waals surface area contributed by atoms with Crippen molar-refractivity contribution in [2.75, 3.05) is 11.5 Å². The average molecular weight is 245 g/mol. The van der Waals surface area contributed by atoms with E-state index in [0.29, 0.717) is 34.4 Å². The van der Waals surface area contributed by atoms with Crippen molar-refractivity contribution in [3.63, 3.8) is 0 Å². The van der Waals surface area contributed by atoms with Gasteiger partial charge in [-0.3, -0.25) is 0 Å². The Balaban J connectivity index is 1.90. The van der Waals surface area contributed by atoms with Crippen LogP contribution in [0.2, 0.25) is 0 Å². The molecule has 3 nitrogen and oxygen atoms in total. The molecule has 1 aliphatic carbocycles. The smallest absolute Gasteiger partial charge is 0.150 e. The van der Waals surface area contributed by atoms with E-state index in [9.17, 15) is 8.42 Å². The Kier molecular flexibility index (Phi) is 2.67. The number of sulfone groups is 1. The Hall–Kier alpha value is -0.0900. The second-order valence-electron chi connectivity index (χ2n) is 6.47. The summed E-state index contributed by atoms with van der Waals surface area (Å²) in [5, 5.41) is 3.65. The van der Waals surface area contributed by atoms with Crippen LogP contribution in [0.25, 0.3) is 0 Å². The van der Waals surface area contributed by atoms with E-state index in [1.165, 1.54) is 0 Å². The van der Waals surface area contributed by atoms with Crippen LogP contribution >= 0.6 is 0 Å². The molecule has 1 aliphatic heterocycles.